The third kappa shape index (κ3) is 4.06. The highest BCUT2D eigenvalue weighted by Gasteiger charge is 2.44. The number of aliphatic hydroxyl groups excluding tert-OH is 1. The monoisotopic (exact) mass is 424 g/mol. The molecule has 1 saturated heterocycles. The summed E-state index contributed by atoms with van der Waals surface area (Å²) in [7, 11) is 0. The van der Waals surface area contributed by atoms with Gasteiger partial charge in [-0.3, -0.25) is 9.78 Å². The van der Waals surface area contributed by atoms with Gasteiger partial charge in [0.2, 0.25) is 12.7 Å². The molecule has 2 aromatic rings. The van der Waals surface area contributed by atoms with E-state index in [9.17, 15) is 9.90 Å². The normalized spacial score (nSPS) is 26.6. The second kappa shape index (κ2) is 8.04. The number of benzene rings is 1. The van der Waals surface area contributed by atoms with Gasteiger partial charge < -0.3 is 24.2 Å². The van der Waals surface area contributed by atoms with Crippen LogP contribution in [0.1, 0.15) is 29.8 Å². The third-order valence-corrected chi connectivity index (χ3v) is 6.68. The van der Waals surface area contributed by atoms with Crippen molar-refractivity contribution in [2.45, 2.75) is 45.3 Å². The highest BCUT2D eigenvalue weighted by atomic mass is 16.7. The summed E-state index contributed by atoms with van der Waals surface area (Å²) in [6.45, 7) is 5.51. The molecule has 0 radical (unpaired) electrons. The number of ether oxygens (including phenoxy) is 3. The molecule has 2 fully saturated rings. The molecule has 5 rings (SSSR count). The summed E-state index contributed by atoms with van der Waals surface area (Å²) in [5, 5.41) is 10.7. The minimum atomic E-state index is -0.536. The molecule has 0 spiro atoms. The Hall–Kier alpha value is -2.80. The predicted molar refractivity (Wildman–Crippen MR) is 113 cm³/mol. The first-order chi connectivity index (χ1) is 15.0. The Morgan fingerprint density at radius 3 is 2.71 bits per heavy atom. The maximum absolute atomic E-state index is 12.9. The minimum Gasteiger partial charge on any atom is -0.486 e. The zero-order chi connectivity index (χ0) is 21.5. The van der Waals surface area contributed by atoms with Crippen molar-refractivity contribution >= 4 is 5.91 Å². The van der Waals surface area contributed by atoms with E-state index in [0.29, 0.717) is 43.5 Å². The van der Waals surface area contributed by atoms with Crippen LogP contribution in [0.2, 0.25) is 0 Å². The highest BCUT2D eigenvalue weighted by molar-refractivity contribution is 5.79. The number of aryl methyl sites for hydroxylation is 2. The standard InChI is InChI=1S/C24H28N2O5/c1-14-3-5-20(15(2)25-14)31-22-10-18-12-26(11-17(18)9-19(22)27)24(28)8-16-4-6-21-23(7-16)30-13-29-21/h3-7,17-19,22,27H,8-13H2,1-2H3/t17-,18+,19+,22+/m0/s1. The molecule has 1 aliphatic carbocycles. The second-order valence-corrected chi connectivity index (χ2v) is 8.91. The molecule has 1 amide bonds. The number of hydrogen-bond donors (Lipinski definition) is 1. The van der Waals surface area contributed by atoms with Crippen LogP contribution in [0.4, 0.5) is 0 Å². The van der Waals surface area contributed by atoms with Gasteiger partial charge in [0.25, 0.3) is 0 Å². The van der Waals surface area contributed by atoms with E-state index in [-0.39, 0.29) is 18.8 Å². The van der Waals surface area contributed by atoms with Gasteiger partial charge in [-0.05, 0) is 68.4 Å². The number of aromatic nitrogens is 1. The lowest BCUT2D eigenvalue weighted by atomic mass is 9.78. The van der Waals surface area contributed by atoms with Gasteiger partial charge in [-0.25, -0.2) is 0 Å². The molecule has 7 nitrogen and oxygen atoms in total. The number of pyridine rings is 1. The topological polar surface area (TPSA) is 81.1 Å². The Bertz CT molecular complexity index is 994. The molecule has 1 N–H and O–H groups in total. The van der Waals surface area contributed by atoms with E-state index in [4.69, 9.17) is 14.2 Å². The molecule has 1 saturated carbocycles. The minimum absolute atomic E-state index is 0.110. The van der Waals surface area contributed by atoms with Crippen LogP contribution < -0.4 is 14.2 Å². The van der Waals surface area contributed by atoms with Crippen LogP contribution in [-0.2, 0) is 11.2 Å². The fourth-order valence-corrected chi connectivity index (χ4v) is 5.02. The van der Waals surface area contributed by atoms with Crippen LogP contribution in [0.15, 0.2) is 30.3 Å². The van der Waals surface area contributed by atoms with E-state index < -0.39 is 6.10 Å². The number of aliphatic hydroxyl groups is 1. The molecule has 1 aromatic heterocycles. The summed E-state index contributed by atoms with van der Waals surface area (Å²) in [5.41, 5.74) is 2.70. The summed E-state index contributed by atoms with van der Waals surface area (Å²) in [6.07, 6.45) is 0.931. The van der Waals surface area contributed by atoms with E-state index >= 15 is 0 Å². The van der Waals surface area contributed by atoms with Crippen molar-refractivity contribution < 1.29 is 24.1 Å². The molecule has 2 aliphatic heterocycles. The van der Waals surface area contributed by atoms with Gasteiger partial charge in [-0.2, -0.15) is 0 Å². The van der Waals surface area contributed by atoms with Crippen molar-refractivity contribution in [2.24, 2.45) is 11.8 Å². The number of carbonyl (C=O) groups excluding carboxylic acids is 1. The van der Waals surface area contributed by atoms with Crippen LogP contribution in [0.25, 0.3) is 0 Å². The van der Waals surface area contributed by atoms with Gasteiger partial charge >= 0.3 is 0 Å². The molecule has 7 heteroatoms. The third-order valence-electron chi connectivity index (χ3n) is 6.68. The molecular formula is C24H28N2O5. The van der Waals surface area contributed by atoms with Crippen molar-refractivity contribution in [2.75, 3.05) is 19.9 Å². The molecule has 0 unspecified atom stereocenters. The van der Waals surface area contributed by atoms with Gasteiger partial charge in [-0.1, -0.05) is 6.07 Å². The lowest BCUT2D eigenvalue weighted by Gasteiger charge is -2.35. The Kier molecular flexibility index (Phi) is 5.22. The zero-order valence-electron chi connectivity index (χ0n) is 17.9. The Balaban J connectivity index is 1.21. The fraction of sp³-hybridized carbons (Fsp3) is 0.500. The summed E-state index contributed by atoms with van der Waals surface area (Å²) in [5.74, 6) is 2.91. The second-order valence-electron chi connectivity index (χ2n) is 8.91. The largest absolute Gasteiger partial charge is 0.486 e. The summed E-state index contributed by atoms with van der Waals surface area (Å²) < 4.78 is 16.9. The van der Waals surface area contributed by atoms with Crippen LogP contribution >= 0.6 is 0 Å². The van der Waals surface area contributed by atoms with Crippen LogP contribution in [0.5, 0.6) is 17.2 Å². The lowest BCUT2D eigenvalue weighted by Crippen LogP contribution is -2.42. The lowest BCUT2D eigenvalue weighted by molar-refractivity contribution is -0.129. The fourth-order valence-electron chi connectivity index (χ4n) is 5.02. The summed E-state index contributed by atoms with van der Waals surface area (Å²) in [4.78, 5) is 19.3. The van der Waals surface area contributed by atoms with Crippen molar-refractivity contribution in [3.8, 4) is 17.2 Å². The van der Waals surface area contributed by atoms with E-state index in [2.05, 4.69) is 4.98 Å². The van der Waals surface area contributed by atoms with Crippen LogP contribution in [-0.4, -0.2) is 53.0 Å². The number of amides is 1. The summed E-state index contributed by atoms with van der Waals surface area (Å²) >= 11 is 0. The molecule has 3 heterocycles. The SMILES string of the molecule is Cc1ccc(O[C@@H]2C[C@@H]3CN(C(=O)Cc4ccc5c(c4)OCO5)C[C@@H]3C[C@H]2O)c(C)n1. The van der Waals surface area contributed by atoms with Crippen LogP contribution in [0.3, 0.4) is 0 Å². The number of rotatable bonds is 4. The average Bonchev–Trinajstić information content (AvgIpc) is 3.36. The van der Waals surface area contributed by atoms with Gasteiger partial charge in [0.1, 0.15) is 11.9 Å². The van der Waals surface area contributed by atoms with Gasteiger partial charge in [0, 0.05) is 18.8 Å². The van der Waals surface area contributed by atoms with Gasteiger partial charge in [0.05, 0.1) is 18.2 Å². The van der Waals surface area contributed by atoms with E-state index in [0.717, 1.165) is 34.9 Å². The molecule has 1 aromatic carbocycles. The number of fused-ring (bicyclic) bond motifs is 2. The molecular weight excluding hydrogens is 396 g/mol. The van der Waals surface area contributed by atoms with Crippen molar-refractivity contribution in [1.29, 1.82) is 0 Å². The molecule has 31 heavy (non-hydrogen) atoms. The number of likely N-dealkylation sites (tertiary alicyclic amines) is 1. The van der Waals surface area contributed by atoms with E-state index in [1.807, 2.05) is 49.1 Å². The Morgan fingerprint density at radius 2 is 1.90 bits per heavy atom. The summed E-state index contributed by atoms with van der Waals surface area (Å²) in [6, 6.07) is 9.50. The van der Waals surface area contributed by atoms with E-state index in [1.54, 1.807) is 0 Å². The van der Waals surface area contributed by atoms with Gasteiger partial charge in [-0.15, -0.1) is 0 Å². The van der Waals surface area contributed by atoms with Crippen molar-refractivity contribution in [3.05, 3.63) is 47.3 Å². The Morgan fingerprint density at radius 1 is 1.13 bits per heavy atom. The Labute approximate surface area is 181 Å². The van der Waals surface area contributed by atoms with E-state index in [1.165, 1.54) is 0 Å². The first-order valence-corrected chi connectivity index (χ1v) is 10.9. The smallest absolute Gasteiger partial charge is 0.231 e. The molecule has 0 bridgehead atoms. The predicted octanol–water partition coefficient (Wildman–Crippen LogP) is 2.65. The van der Waals surface area contributed by atoms with Crippen molar-refractivity contribution in [1.82, 2.24) is 9.88 Å². The number of nitrogens with zero attached hydrogens (tertiary/aromatic N) is 2. The average molecular weight is 424 g/mol. The molecule has 3 aliphatic rings. The van der Waals surface area contributed by atoms with Gasteiger partial charge in [0.15, 0.2) is 11.5 Å². The first-order valence-electron chi connectivity index (χ1n) is 10.9. The highest BCUT2D eigenvalue weighted by Crippen LogP contribution is 2.39. The first kappa shape index (κ1) is 20.1. The van der Waals surface area contributed by atoms with Crippen LogP contribution in [0, 0.1) is 25.7 Å². The maximum Gasteiger partial charge on any atom is 0.231 e. The number of carbonyl (C=O) groups is 1. The quantitative estimate of drug-likeness (QED) is 0.813. The zero-order valence-corrected chi connectivity index (χ0v) is 17.9. The molecule has 164 valence electrons. The molecule has 4 atom stereocenters. The number of hydrogen-bond acceptors (Lipinski definition) is 6. The maximum atomic E-state index is 12.9. The van der Waals surface area contributed by atoms with Crippen molar-refractivity contribution in [3.63, 3.8) is 0 Å².